The monoisotopic (exact) mass is 428 g/mol. The molecule has 0 spiro atoms. The van der Waals surface area contributed by atoms with E-state index in [1.807, 2.05) is 0 Å². The Balaban J connectivity index is 3.05. The van der Waals surface area contributed by atoms with E-state index in [0.29, 0.717) is 11.8 Å². The Morgan fingerprint density at radius 2 is 1.86 bits per heavy atom. The molecule has 1 atom stereocenters. The van der Waals surface area contributed by atoms with Gasteiger partial charge in [0, 0.05) is 0 Å². The van der Waals surface area contributed by atoms with E-state index in [-0.39, 0.29) is 0 Å². The van der Waals surface area contributed by atoms with Crippen molar-refractivity contribution in [2.45, 2.75) is 46.2 Å². The highest BCUT2D eigenvalue weighted by Gasteiger charge is 2.24. The number of alkyl halides is 1. The summed E-state index contributed by atoms with van der Waals surface area (Å²) in [7, 11) is -1.71. The second-order valence-corrected chi connectivity index (χ2v) is 12.4. The third-order valence-corrected chi connectivity index (χ3v) is 7.73. The van der Waals surface area contributed by atoms with E-state index in [9.17, 15) is 4.79 Å². The molecule has 0 aliphatic rings. The second-order valence-electron chi connectivity index (χ2n) is 7.01. The van der Waals surface area contributed by atoms with Gasteiger partial charge in [0.1, 0.15) is 14.4 Å². The molecule has 0 aliphatic heterocycles. The molecule has 3 heteroatoms. The summed E-state index contributed by atoms with van der Waals surface area (Å²) in [6.45, 7) is 9.16. The first-order chi connectivity index (χ1) is 10.4. The van der Waals surface area contributed by atoms with Gasteiger partial charge in [-0.1, -0.05) is 90.8 Å². The van der Waals surface area contributed by atoms with Crippen molar-refractivity contribution >= 4 is 42.1 Å². The zero-order valence-corrected chi connectivity index (χ0v) is 17.5. The fourth-order valence-electron chi connectivity index (χ4n) is 2.93. The van der Waals surface area contributed by atoms with Crippen LogP contribution in [-0.2, 0) is 4.79 Å². The van der Waals surface area contributed by atoms with Gasteiger partial charge >= 0.3 is 0 Å². The molecule has 0 fully saturated rings. The van der Waals surface area contributed by atoms with Crippen molar-refractivity contribution in [1.29, 1.82) is 0 Å². The number of carbonyl (C=O) groups excluding carboxylic acids is 1. The maximum absolute atomic E-state index is 11.8. The molecule has 0 heterocycles. The van der Waals surface area contributed by atoms with E-state index in [0.717, 1.165) is 29.1 Å². The zero-order chi connectivity index (χ0) is 16.6. The average molecular weight is 428 g/mol. The minimum Gasteiger partial charge on any atom is -0.298 e. The highest BCUT2D eigenvalue weighted by molar-refractivity contribution is 14.1. The van der Waals surface area contributed by atoms with Gasteiger partial charge in [-0.05, 0) is 41.1 Å². The van der Waals surface area contributed by atoms with Crippen LogP contribution in [0, 0.1) is 11.8 Å². The number of halogens is 1. The van der Waals surface area contributed by atoms with E-state index in [2.05, 4.69) is 85.6 Å². The smallest absolute Gasteiger partial charge is 0.145 e. The van der Waals surface area contributed by atoms with Crippen molar-refractivity contribution in [3.8, 4) is 0 Å². The molecular formula is C19H29IOSi. The van der Waals surface area contributed by atoms with Crippen molar-refractivity contribution < 1.29 is 4.79 Å². The summed E-state index contributed by atoms with van der Waals surface area (Å²) >= 11 is 2.43. The summed E-state index contributed by atoms with van der Waals surface area (Å²) in [4.78, 5) is 11.8. The quantitative estimate of drug-likeness (QED) is 0.175. The number of benzene rings is 1. The largest absolute Gasteiger partial charge is 0.298 e. The molecule has 0 aliphatic carbocycles. The lowest BCUT2D eigenvalue weighted by Gasteiger charge is -2.24. The number of hydrogen-bond donors (Lipinski definition) is 0. The Kier molecular flexibility index (Phi) is 8.61. The summed E-state index contributed by atoms with van der Waals surface area (Å²) in [5.74, 6) is 1.05. The van der Waals surface area contributed by atoms with E-state index >= 15 is 0 Å². The van der Waals surface area contributed by atoms with Gasteiger partial charge in [-0.2, -0.15) is 0 Å². The molecule has 1 aromatic rings. The Morgan fingerprint density at radius 1 is 1.23 bits per heavy atom. The molecule has 0 aromatic heterocycles. The fourth-order valence-corrected chi connectivity index (χ4v) is 5.72. The first-order valence-electron chi connectivity index (χ1n) is 8.20. The number of allylic oxidation sites excluding steroid dienone is 1. The van der Waals surface area contributed by atoms with E-state index in [1.54, 1.807) is 0 Å². The predicted octanol–water partition coefficient (Wildman–Crippen LogP) is 5.14. The first-order valence-corrected chi connectivity index (χ1v) is 12.8. The SMILES string of the molecule is CC(C)CC(CCCI)/C(C=O)=C/[Si](C)(C)c1ccccc1. The minimum absolute atomic E-state index is 0.419. The third kappa shape index (κ3) is 6.37. The molecule has 1 unspecified atom stereocenters. The maximum atomic E-state index is 11.8. The Labute approximate surface area is 150 Å². The van der Waals surface area contributed by atoms with Crippen LogP contribution in [0.5, 0.6) is 0 Å². The van der Waals surface area contributed by atoms with E-state index in [1.165, 1.54) is 11.6 Å². The van der Waals surface area contributed by atoms with Crippen molar-refractivity contribution in [3.63, 3.8) is 0 Å². The van der Waals surface area contributed by atoms with Crippen LogP contribution >= 0.6 is 22.6 Å². The van der Waals surface area contributed by atoms with Gasteiger partial charge in [-0.3, -0.25) is 4.79 Å². The lowest BCUT2D eigenvalue weighted by atomic mass is 9.88. The normalized spacial score (nSPS) is 14.2. The van der Waals surface area contributed by atoms with Crippen LogP contribution in [0.25, 0.3) is 0 Å². The lowest BCUT2D eigenvalue weighted by molar-refractivity contribution is -0.105. The molecule has 1 aromatic carbocycles. The van der Waals surface area contributed by atoms with Gasteiger partial charge in [-0.25, -0.2) is 0 Å². The maximum Gasteiger partial charge on any atom is 0.145 e. The Bertz CT molecular complexity index is 479. The summed E-state index contributed by atoms with van der Waals surface area (Å²) in [5.41, 5.74) is 3.37. The van der Waals surface area contributed by atoms with Gasteiger partial charge < -0.3 is 0 Å². The highest BCUT2D eigenvalue weighted by atomic mass is 127. The summed E-state index contributed by atoms with van der Waals surface area (Å²) in [6.07, 6.45) is 4.56. The van der Waals surface area contributed by atoms with Crippen LogP contribution < -0.4 is 5.19 Å². The van der Waals surface area contributed by atoms with Gasteiger partial charge in [0.25, 0.3) is 0 Å². The topological polar surface area (TPSA) is 17.1 Å². The fraction of sp³-hybridized carbons (Fsp3) is 0.526. The standard InChI is InChI=1S/C19H29IOSi/c1-16(2)13-17(9-8-12-20)18(14-21)15-22(3,4)19-10-6-5-7-11-19/h5-7,10-11,14-17H,8-9,12-13H2,1-4H3/b18-15+. The molecule has 122 valence electrons. The van der Waals surface area contributed by atoms with Gasteiger partial charge in [-0.15, -0.1) is 0 Å². The molecule has 0 saturated heterocycles. The van der Waals surface area contributed by atoms with Crippen molar-refractivity contribution in [3.05, 3.63) is 41.6 Å². The molecule has 22 heavy (non-hydrogen) atoms. The van der Waals surface area contributed by atoms with Crippen LogP contribution in [0.15, 0.2) is 41.6 Å². The van der Waals surface area contributed by atoms with Gasteiger partial charge in [0.2, 0.25) is 0 Å². The molecule has 0 saturated carbocycles. The molecule has 1 rings (SSSR count). The van der Waals surface area contributed by atoms with Crippen LogP contribution in [0.4, 0.5) is 0 Å². The molecule has 0 bridgehead atoms. The van der Waals surface area contributed by atoms with Crippen LogP contribution in [-0.4, -0.2) is 18.8 Å². The molecule has 0 amide bonds. The zero-order valence-electron chi connectivity index (χ0n) is 14.3. The predicted molar refractivity (Wildman–Crippen MR) is 109 cm³/mol. The van der Waals surface area contributed by atoms with E-state index in [4.69, 9.17) is 0 Å². The lowest BCUT2D eigenvalue weighted by Crippen LogP contribution is -2.40. The van der Waals surface area contributed by atoms with Crippen molar-refractivity contribution in [2.24, 2.45) is 11.8 Å². The average Bonchev–Trinajstić information content (AvgIpc) is 2.49. The van der Waals surface area contributed by atoms with Crippen LogP contribution in [0.3, 0.4) is 0 Å². The number of carbonyl (C=O) groups is 1. The number of hydrogen-bond acceptors (Lipinski definition) is 1. The second kappa shape index (κ2) is 9.66. The Morgan fingerprint density at radius 3 is 2.36 bits per heavy atom. The van der Waals surface area contributed by atoms with Gasteiger partial charge in [0.15, 0.2) is 0 Å². The number of aldehydes is 1. The summed E-state index contributed by atoms with van der Waals surface area (Å²) < 4.78 is 1.16. The highest BCUT2D eigenvalue weighted by Crippen LogP contribution is 2.26. The number of rotatable bonds is 9. The first kappa shape index (κ1) is 19.6. The van der Waals surface area contributed by atoms with Gasteiger partial charge in [0.05, 0.1) is 0 Å². The summed E-state index contributed by atoms with van der Waals surface area (Å²) in [6, 6.07) is 10.7. The molecule has 1 nitrogen and oxygen atoms in total. The Hall–Kier alpha value is -0.423. The van der Waals surface area contributed by atoms with E-state index < -0.39 is 8.07 Å². The molecule has 0 N–H and O–H groups in total. The van der Waals surface area contributed by atoms with Crippen molar-refractivity contribution in [1.82, 2.24) is 0 Å². The minimum atomic E-state index is -1.71. The van der Waals surface area contributed by atoms with Crippen LogP contribution in [0.2, 0.25) is 13.1 Å². The van der Waals surface area contributed by atoms with Crippen LogP contribution in [0.1, 0.15) is 33.1 Å². The summed E-state index contributed by atoms with van der Waals surface area (Å²) in [5, 5.41) is 1.39. The van der Waals surface area contributed by atoms with Crippen molar-refractivity contribution in [2.75, 3.05) is 4.43 Å². The molecule has 0 radical (unpaired) electrons. The third-order valence-electron chi connectivity index (χ3n) is 4.09. The molecular weight excluding hydrogens is 399 g/mol.